The molecule has 8 heteroatoms. The monoisotopic (exact) mass is 335 g/mol. The molecule has 0 aliphatic rings. The van der Waals surface area contributed by atoms with Crippen molar-refractivity contribution in [2.24, 2.45) is 7.05 Å². The van der Waals surface area contributed by atoms with Gasteiger partial charge in [0.05, 0.1) is 12.7 Å². The molecule has 2 aromatic rings. The molecule has 2 heterocycles. The number of aliphatic hydroxyl groups is 1. The first-order valence-electron chi connectivity index (χ1n) is 8.20. The average Bonchev–Trinajstić information content (AvgIpc) is 3.15. The van der Waals surface area contributed by atoms with Gasteiger partial charge in [-0.1, -0.05) is 12.1 Å². The number of nitrogens with zero attached hydrogens (tertiary/aromatic N) is 4. The number of aryl methyl sites for hydroxylation is 3. The fourth-order valence-electron chi connectivity index (χ4n) is 2.28. The molecule has 1 atom stereocenters. The molecule has 1 unspecified atom stereocenters. The van der Waals surface area contributed by atoms with Crippen LogP contribution in [0.1, 0.15) is 50.4 Å². The first kappa shape index (κ1) is 18.1. The van der Waals surface area contributed by atoms with Crippen LogP contribution in [-0.2, 0) is 30.3 Å². The predicted molar refractivity (Wildman–Crippen MR) is 87.0 cm³/mol. The Balaban J connectivity index is 1.71. The van der Waals surface area contributed by atoms with Gasteiger partial charge in [0.25, 0.3) is 0 Å². The summed E-state index contributed by atoms with van der Waals surface area (Å²) in [6.07, 6.45) is 6.63. The zero-order valence-corrected chi connectivity index (χ0v) is 14.4. The van der Waals surface area contributed by atoms with Crippen molar-refractivity contribution >= 4 is 5.91 Å². The Morgan fingerprint density at radius 2 is 2.25 bits per heavy atom. The van der Waals surface area contributed by atoms with Gasteiger partial charge in [0, 0.05) is 38.1 Å². The van der Waals surface area contributed by atoms with E-state index in [2.05, 4.69) is 27.5 Å². The van der Waals surface area contributed by atoms with Crippen molar-refractivity contribution in [2.45, 2.75) is 51.6 Å². The highest BCUT2D eigenvalue weighted by Gasteiger charge is 2.25. The lowest BCUT2D eigenvalue weighted by molar-refractivity contribution is -0.122. The van der Waals surface area contributed by atoms with Gasteiger partial charge in [0.15, 0.2) is 5.82 Å². The highest BCUT2D eigenvalue weighted by atomic mass is 16.5. The van der Waals surface area contributed by atoms with Gasteiger partial charge < -0.3 is 14.9 Å². The summed E-state index contributed by atoms with van der Waals surface area (Å²) in [7, 11) is 1.78. The molecule has 8 nitrogen and oxygen atoms in total. The van der Waals surface area contributed by atoms with E-state index in [-0.39, 0.29) is 12.5 Å². The van der Waals surface area contributed by atoms with Crippen LogP contribution in [0.25, 0.3) is 0 Å². The maximum absolute atomic E-state index is 11.9. The first-order valence-corrected chi connectivity index (χ1v) is 8.20. The van der Waals surface area contributed by atoms with Crippen LogP contribution < -0.4 is 5.32 Å². The van der Waals surface area contributed by atoms with Gasteiger partial charge >= 0.3 is 0 Å². The minimum absolute atomic E-state index is 0.118. The summed E-state index contributed by atoms with van der Waals surface area (Å²) in [4.78, 5) is 16.2. The second-order valence-corrected chi connectivity index (χ2v) is 6.16. The minimum atomic E-state index is -1.15. The van der Waals surface area contributed by atoms with Gasteiger partial charge in [-0.25, -0.2) is 0 Å². The number of hydrogen-bond donors (Lipinski definition) is 2. The number of carbonyl (C=O) groups excluding carboxylic acids is 1. The molecular formula is C16H25N5O3. The zero-order valence-electron chi connectivity index (χ0n) is 14.4. The first-order chi connectivity index (χ1) is 11.4. The van der Waals surface area contributed by atoms with E-state index in [4.69, 9.17) is 4.52 Å². The summed E-state index contributed by atoms with van der Waals surface area (Å²) in [5.41, 5.74) is -0.481. The van der Waals surface area contributed by atoms with Crippen LogP contribution in [0.15, 0.2) is 16.9 Å². The summed E-state index contributed by atoms with van der Waals surface area (Å²) >= 11 is 0. The van der Waals surface area contributed by atoms with Crippen LogP contribution in [0.4, 0.5) is 0 Å². The van der Waals surface area contributed by atoms with Crippen molar-refractivity contribution in [3.8, 4) is 0 Å². The molecule has 2 rings (SSSR count). The smallest absolute Gasteiger partial charge is 0.226 e. The lowest BCUT2D eigenvalue weighted by atomic mass is 9.99. The molecule has 0 saturated carbocycles. The summed E-state index contributed by atoms with van der Waals surface area (Å²) in [6.45, 7) is 3.84. The molecule has 2 N–H and O–H groups in total. The Labute approximate surface area is 141 Å². The van der Waals surface area contributed by atoms with Crippen molar-refractivity contribution in [1.29, 1.82) is 0 Å². The largest absolute Gasteiger partial charge is 0.383 e. The molecule has 0 aliphatic carbocycles. The van der Waals surface area contributed by atoms with Gasteiger partial charge in [-0.05, 0) is 19.8 Å². The lowest BCUT2D eigenvalue weighted by Crippen LogP contribution is -2.38. The van der Waals surface area contributed by atoms with Crippen LogP contribution in [-0.4, -0.2) is 37.5 Å². The summed E-state index contributed by atoms with van der Waals surface area (Å²) in [6, 6.07) is 0. The molecule has 24 heavy (non-hydrogen) atoms. The maximum Gasteiger partial charge on any atom is 0.226 e. The Hall–Kier alpha value is -2.22. The number of aromatic nitrogens is 4. The summed E-state index contributed by atoms with van der Waals surface area (Å²) in [5, 5.41) is 21.1. The zero-order chi connectivity index (χ0) is 17.6. The van der Waals surface area contributed by atoms with E-state index in [1.807, 2.05) is 0 Å². The quantitative estimate of drug-likeness (QED) is 0.711. The van der Waals surface area contributed by atoms with Gasteiger partial charge in [-0.15, -0.1) is 0 Å². The van der Waals surface area contributed by atoms with E-state index in [1.54, 1.807) is 31.0 Å². The van der Waals surface area contributed by atoms with Crippen LogP contribution in [0.3, 0.4) is 0 Å². The highest BCUT2D eigenvalue weighted by molar-refractivity contribution is 5.75. The molecule has 0 radical (unpaired) electrons. The van der Waals surface area contributed by atoms with E-state index in [0.29, 0.717) is 36.5 Å². The third-order valence-electron chi connectivity index (χ3n) is 3.73. The second-order valence-electron chi connectivity index (χ2n) is 6.16. The Kier molecular flexibility index (Phi) is 6.08. The number of nitrogens with one attached hydrogen (secondary N) is 1. The Bertz CT molecular complexity index is 662. The summed E-state index contributed by atoms with van der Waals surface area (Å²) in [5.74, 6) is 1.16. The van der Waals surface area contributed by atoms with Crippen LogP contribution >= 0.6 is 0 Å². The highest BCUT2D eigenvalue weighted by Crippen LogP contribution is 2.18. The standard InChI is InChI=1S/C16H25N5O3/c1-4-6-13-19-15(24-20-13)8-5-7-14(22)17-11-16(2,23)12-9-18-21(3)10-12/h9-10,23H,4-8,11H2,1-3H3,(H,17,22). The number of rotatable bonds is 9. The predicted octanol–water partition coefficient (Wildman–Crippen LogP) is 1.10. The SMILES string of the molecule is CCCc1noc(CCCC(=O)NCC(C)(O)c2cnn(C)c2)n1. The van der Waals surface area contributed by atoms with Crippen molar-refractivity contribution in [1.82, 2.24) is 25.2 Å². The number of hydrogen-bond acceptors (Lipinski definition) is 6. The third-order valence-corrected chi connectivity index (χ3v) is 3.73. The fourth-order valence-corrected chi connectivity index (χ4v) is 2.28. The van der Waals surface area contributed by atoms with Crippen molar-refractivity contribution in [3.05, 3.63) is 29.7 Å². The Morgan fingerprint density at radius 3 is 2.92 bits per heavy atom. The van der Waals surface area contributed by atoms with Crippen LogP contribution in [0.5, 0.6) is 0 Å². The molecule has 0 bridgehead atoms. The molecule has 2 aromatic heterocycles. The van der Waals surface area contributed by atoms with Gasteiger partial charge in [-0.3, -0.25) is 9.48 Å². The molecule has 0 saturated heterocycles. The van der Waals surface area contributed by atoms with E-state index in [1.165, 1.54) is 0 Å². The second kappa shape index (κ2) is 8.05. The van der Waals surface area contributed by atoms with Crippen LogP contribution in [0.2, 0.25) is 0 Å². The van der Waals surface area contributed by atoms with Crippen molar-refractivity contribution in [2.75, 3.05) is 6.54 Å². The summed E-state index contributed by atoms with van der Waals surface area (Å²) < 4.78 is 6.75. The van der Waals surface area contributed by atoms with E-state index >= 15 is 0 Å². The average molecular weight is 335 g/mol. The molecule has 132 valence electrons. The molecule has 0 fully saturated rings. The third kappa shape index (κ3) is 5.16. The van der Waals surface area contributed by atoms with Gasteiger partial charge in [0.1, 0.15) is 5.60 Å². The topological polar surface area (TPSA) is 106 Å². The van der Waals surface area contributed by atoms with Gasteiger partial charge in [-0.2, -0.15) is 10.1 Å². The van der Waals surface area contributed by atoms with E-state index in [0.717, 1.165) is 12.8 Å². The molecule has 0 aromatic carbocycles. The van der Waals surface area contributed by atoms with Crippen LogP contribution in [0, 0.1) is 0 Å². The lowest BCUT2D eigenvalue weighted by Gasteiger charge is -2.22. The van der Waals surface area contributed by atoms with Crippen molar-refractivity contribution in [3.63, 3.8) is 0 Å². The maximum atomic E-state index is 11.9. The normalized spacial score (nSPS) is 13.7. The molecule has 1 amide bonds. The fraction of sp³-hybridized carbons (Fsp3) is 0.625. The number of carbonyl (C=O) groups is 1. The molecule has 0 aliphatic heterocycles. The number of amides is 1. The Morgan fingerprint density at radius 1 is 1.46 bits per heavy atom. The molecular weight excluding hydrogens is 310 g/mol. The van der Waals surface area contributed by atoms with Gasteiger partial charge in [0.2, 0.25) is 11.8 Å². The van der Waals surface area contributed by atoms with Crippen molar-refractivity contribution < 1.29 is 14.4 Å². The van der Waals surface area contributed by atoms with E-state index < -0.39 is 5.60 Å². The molecule has 0 spiro atoms. The van der Waals surface area contributed by atoms with E-state index in [9.17, 15) is 9.90 Å². The minimum Gasteiger partial charge on any atom is -0.383 e.